The van der Waals surface area contributed by atoms with Crippen LogP contribution in [0.1, 0.15) is 25.0 Å². The highest BCUT2D eigenvalue weighted by Crippen LogP contribution is 2.35. The molecule has 0 saturated carbocycles. The van der Waals surface area contributed by atoms with E-state index in [4.69, 9.17) is 9.47 Å². The minimum atomic E-state index is -0.336. The van der Waals surface area contributed by atoms with E-state index in [9.17, 15) is 9.59 Å². The highest BCUT2D eigenvalue weighted by Gasteiger charge is 2.39. The highest BCUT2D eigenvalue weighted by molar-refractivity contribution is 6.36. The first-order chi connectivity index (χ1) is 13.8. The van der Waals surface area contributed by atoms with Crippen LogP contribution in [0, 0.1) is 12.8 Å². The van der Waals surface area contributed by atoms with E-state index in [0.29, 0.717) is 34.9 Å². The third-order valence-corrected chi connectivity index (χ3v) is 4.72. The molecule has 1 aliphatic heterocycles. The average molecular weight is 394 g/mol. The number of rotatable bonds is 7. The fourth-order valence-corrected chi connectivity index (χ4v) is 3.25. The number of hydrogen-bond donors (Lipinski definition) is 1. The largest absolute Gasteiger partial charge is 0.497 e. The first-order valence-corrected chi connectivity index (χ1v) is 9.52. The van der Waals surface area contributed by atoms with E-state index in [-0.39, 0.29) is 23.4 Å². The van der Waals surface area contributed by atoms with Gasteiger partial charge in [0.1, 0.15) is 17.2 Å². The lowest BCUT2D eigenvalue weighted by molar-refractivity contribution is -0.137. The van der Waals surface area contributed by atoms with Gasteiger partial charge in [-0.2, -0.15) is 0 Å². The summed E-state index contributed by atoms with van der Waals surface area (Å²) in [5.41, 5.74) is 2.99. The lowest BCUT2D eigenvalue weighted by Gasteiger charge is -2.18. The van der Waals surface area contributed by atoms with Crippen molar-refractivity contribution in [3.8, 4) is 11.5 Å². The summed E-state index contributed by atoms with van der Waals surface area (Å²) in [6, 6.07) is 12.8. The molecule has 0 atom stereocenters. The lowest BCUT2D eigenvalue weighted by Crippen LogP contribution is -2.35. The summed E-state index contributed by atoms with van der Waals surface area (Å²) < 4.78 is 10.7. The Bertz CT molecular complexity index is 961. The van der Waals surface area contributed by atoms with Crippen molar-refractivity contribution in [2.24, 2.45) is 5.92 Å². The van der Waals surface area contributed by atoms with Gasteiger partial charge >= 0.3 is 0 Å². The standard InChI is InChI=1S/C23H26N2O4/c1-14(2)13-25-22(26)20(16-8-6-15(3)7-9-16)21(23(25)27)24-18-11-10-17(28-4)12-19(18)29-5/h6-12,14,24H,13H2,1-5H3. The van der Waals surface area contributed by atoms with Crippen LogP contribution in [0.15, 0.2) is 48.2 Å². The molecule has 1 heterocycles. The fraction of sp³-hybridized carbons (Fsp3) is 0.304. The number of nitrogens with zero attached hydrogens (tertiary/aromatic N) is 1. The van der Waals surface area contributed by atoms with Gasteiger partial charge in [-0.3, -0.25) is 14.5 Å². The van der Waals surface area contributed by atoms with Gasteiger partial charge in [0.25, 0.3) is 11.8 Å². The number of amides is 2. The zero-order chi connectivity index (χ0) is 21.1. The van der Waals surface area contributed by atoms with E-state index < -0.39 is 0 Å². The van der Waals surface area contributed by atoms with E-state index in [1.807, 2.05) is 45.0 Å². The number of anilines is 1. The van der Waals surface area contributed by atoms with Gasteiger partial charge < -0.3 is 14.8 Å². The second-order valence-corrected chi connectivity index (χ2v) is 7.42. The molecular formula is C23H26N2O4. The molecule has 6 heteroatoms. The van der Waals surface area contributed by atoms with Crippen molar-refractivity contribution < 1.29 is 19.1 Å². The van der Waals surface area contributed by atoms with Gasteiger partial charge in [0, 0.05) is 12.6 Å². The zero-order valence-corrected chi connectivity index (χ0v) is 17.4. The molecule has 29 heavy (non-hydrogen) atoms. The third-order valence-electron chi connectivity index (χ3n) is 4.72. The minimum Gasteiger partial charge on any atom is -0.497 e. The summed E-state index contributed by atoms with van der Waals surface area (Å²) in [4.78, 5) is 27.6. The van der Waals surface area contributed by atoms with Gasteiger partial charge in [-0.25, -0.2) is 0 Å². The topological polar surface area (TPSA) is 67.9 Å². The Morgan fingerprint density at radius 3 is 2.24 bits per heavy atom. The first kappa shape index (κ1) is 20.5. The van der Waals surface area contributed by atoms with Crippen molar-refractivity contribution in [1.82, 2.24) is 4.90 Å². The Morgan fingerprint density at radius 2 is 1.66 bits per heavy atom. The summed E-state index contributed by atoms with van der Waals surface area (Å²) in [6.07, 6.45) is 0. The Balaban J connectivity index is 2.08. The van der Waals surface area contributed by atoms with Crippen LogP contribution in [0.5, 0.6) is 11.5 Å². The molecule has 0 aromatic heterocycles. The quantitative estimate of drug-likeness (QED) is 0.723. The molecule has 0 unspecified atom stereocenters. The Labute approximate surface area is 171 Å². The molecule has 0 bridgehead atoms. The van der Waals surface area contributed by atoms with Crippen LogP contribution in [0.3, 0.4) is 0 Å². The summed E-state index contributed by atoms with van der Waals surface area (Å²) >= 11 is 0. The van der Waals surface area contributed by atoms with Crippen LogP contribution < -0.4 is 14.8 Å². The maximum atomic E-state index is 13.1. The molecule has 152 valence electrons. The van der Waals surface area contributed by atoms with E-state index in [1.54, 1.807) is 32.4 Å². The Morgan fingerprint density at radius 1 is 0.966 bits per heavy atom. The van der Waals surface area contributed by atoms with Gasteiger partial charge in [-0.15, -0.1) is 0 Å². The molecule has 1 N–H and O–H groups in total. The smallest absolute Gasteiger partial charge is 0.278 e. The second-order valence-electron chi connectivity index (χ2n) is 7.42. The van der Waals surface area contributed by atoms with Crippen molar-refractivity contribution in [3.63, 3.8) is 0 Å². The Kier molecular flexibility index (Phi) is 5.92. The number of methoxy groups -OCH3 is 2. The number of carbonyl (C=O) groups is 2. The fourth-order valence-electron chi connectivity index (χ4n) is 3.25. The molecule has 2 aromatic rings. The molecule has 0 aliphatic carbocycles. The van der Waals surface area contributed by atoms with Crippen LogP contribution in [0.25, 0.3) is 5.57 Å². The van der Waals surface area contributed by atoms with Gasteiger partial charge in [0.2, 0.25) is 0 Å². The van der Waals surface area contributed by atoms with E-state index in [0.717, 1.165) is 5.56 Å². The number of carbonyl (C=O) groups excluding carboxylic acids is 2. The highest BCUT2D eigenvalue weighted by atomic mass is 16.5. The summed E-state index contributed by atoms with van der Waals surface area (Å²) in [5, 5.41) is 3.15. The lowest BCUT2D eigenvalue weighted by atomic mass is 10.0. The van der Waals surface area contributed by atoms with Gasteiger partial charge in [0.15, 0.2) is 0 Å². The number of ether oxygens (including phenoxy) is 2. The normalized spacial score (nSPS) is 14.1. The molecular weight excluding hydrogens is 368 g/mol. The Hall–Kier alpha value is -3.28. The molecule has 0 spiro atoms. The molecule has 0 fully saturated rings. The number of benzene rings is 2. The van der Waals surface area contributed by atoms with Crippen molar-refractivity contribution in [2.45, 2.75) is 20.8 Å². The van der Waals surface area contributed by atoms with Crippen molar-refractivity contribution in [2.75, 3.05) is 26.1 Å². The minimum absolute atomic E-state index is 0.164. The SMILES string of the molecule is COc1ccc(NC2=C(c3ccc(C)cc3)C(=O)N(CC(C)C)C2=O)c(OC)c1. The monoisotopic (exact) mass is 394 g/mol. The van der Waals surface area contributed by atoms with Crippen LogP contribution in [-0.4, -0.2) is 37.5 Å². The zero-order valence-electron chi connectivity index (χ0n) is 17.4. The first-order valence-electron chi connectivity index (χ1n) is 9.52. The molecule has 0 radical (unpaired) electrons. The molecule has 6 nitrogen and oxygen atoms in total. The maximum absolute atomic E-state index is 13.1. The van der Waals surface area contributed by atoms with E-state index in [2.05, 4.69) is 5.32 Å². The molecule has 1 aliphatic rings. The van der Waals surface area contributed by atoms with Gasteiger partial charge in [-0.1, -0.05) is 43.7 Å². The molecule has 3 rings (SSSR count). The van der Waals surface area contributed by atoms with Gasteiger partial charge in [-0.05, 0) is 30.5 Å². The summed E-state index contributed by atoms with van der Waals surface area (Å²) in [7, 11) is 3.12. The number of imide groups is 1. The van der Waals surface area contributed by atoms with Crippen LogP contribution in [0.4, 0.5) is 5.69 Å². The van der Waals surface area contributed by atoms with Crippen LogP contribution >= 0.6 is 0 Å². The van der Waals surface area contributed by atoms with Crippen molar-refractivity contribution in [3.05, 3.63) is 59.3 Å². The van der Waals surface area contributed by atoms with Crippen molar-refractivity contribution >= 4 is 23.1 Å². The third kappa shape index (κ3) is 4.11. The van der Waals surface area contributed by atoms with Crippen LogP contribution in [0.2, 0.25) is 0 Å². The van der Waals surface area contributed by atoms with Crippen LogP contribution in [-0.2, 0) is 9.59 Å². The maximum Gasteiger partial charge on any atom is 0.278 e. The number of nitrogens with one attached hydrogen (secondary N) is 1. The summed E-state index contributed by atoms with van der Waals surface area (Å²) in [5.74, 6) is 0.690. The predicted octanol–water partition coefficient (Wildman–Crippen LogP) is 3.86. The number of aryl methyl sites for hydroxylation is 1. The average Bonchev–Trinajstić information content (AvgIpc) is 2.93. The number of hydrogen-bond acceptors (Lipinski definition) is 5. The van der Waals surface area contributed by atoms with E-state index in [1.165, 1.54) is 4.90 Å². The predicted molar refractivity (Wildman–Crippen MR) is 113 cm³/mol. The molecule has 2 aromatic carbocycles. The van der Waals surface area contributed by atoms with E-state index >= 15 is 0 Å². The second kappa shape index (κ2) is 8.39. The molecule has 2 amide bonds. The molecule has 0 saturated heterocycles. The van der Waals surface area contributed by atoms with Gasteiger partial charge in [0.05, 0.1) is 25.5 Å². The summed E-state index contributed by atoms with van der Waals surface area (Å²) in [6.45, 7) is 6.29. The van der Waals surface area contributed by atoms with Crippen molar-refractivity contribution in [1.29, 1.82) is 0 Å².